The summed E-state index contributed by atoms with van der Waals surface area (Å²) in [5, 5.41) is 8.22. The van der Waals surface area contributed by atoms with E-state index >= 15 is 0 Å². The molecule has 0 fully saturated rings. The van der Waals surface area contributed by atoms with Crippen LogP contribution in [0, 0.1) is 0 Å². The summed E-state index contributed by atoms with van der Waals surface area (Å²) < 4.78 is 26.5. The SMILES string of the molecule is Cn1cnc(S(=O)(=O)NCCC(=O)O)c1. The average molecular weight is 233 g/mol. The molecule has 0 saturated heterocycles. The molecule has 0 radical (unpaired) electrons. The molecule has 0 spiro atoms. The molecule has 0 atom stereocenters. The first-order valence-electron chi connectivity index (χ1n) is 4.11. The zero-order valence-electron chi connectivity index (χ0n) is 8.04. The van der Waals surface area contributed by atoms with Crippen LogP contribution in [0.25, 0.3) is 0 Å². The summed E-state index contributed by atoms with van der Waals surface area (Å²) in [5.74, 6) is -1.06. The lowest BCUT2D eigenvalue weighted by molar-refractivity contribution is -0.136. The van der Waals surface area contributed by atoms with Crippen molar-refractivity contribution in [2.45, 2.75) is 11.4 Å². The number of hydrogen-bond donors (Lipinski definition) is 2. The molecule has 0 saturated carbocycles. The molecule has 1 heterocycles. The number of nitrogens with zero attached hydrogens (tertiary/aromatic N) is 2. The number of aromatic nitrogens is 2. The van der Waals surface area contributed by atoms with Crippen molar-refractivity contribution in [2.24, 2.45) is 7.05 Å². The Morgan fingerprint density at radius 2 is 2.33 bits per heavy atom. The maximum Gasteiger partial charge on any atom is 0.304 e. The van der Waals surface area contributed by atoms with Crippen LogP contribution in [0.3, 0.4) is 0 Å². The lowest BCUT2D eigenvalue weighted by Crippen LogP contribution is -2.26. The third-order valence-electron chi connectivity index (χ3n) is 1.59. The zero-order chi connectivity index (χ0) is 11.5. The first-order valence-corrected chi connectivity index (χ1v) is 5.59. The van der Waals surface area contributed by atoms with Crippen LogP contribution in [-0.2, 0) is 21.9 Å². The molecule has 8 heteroatoms. The van der Waals surface area contributed by atoms with Gasteiger partial charge in [-0.3, -0.25) is 4.79 Å². The van der Waals surface area contributed by atoms with Gasteiger partial charge in [0.25, 0.3) is 10.0 Å². The number of carbonyl (C=O) groups is 1. The van der Waals surface area contributed by atoms with Gasteiger partial charge in [-0.1, -0.05) is 0 Å². The van der Waals surface area contributed by atoms with Gasteiger partial charge in [0.2, 0.25) is 0 Å². The predicted molar refractivity (Wildman–Crippen MR) is 50.6 cm³/mol. The van der Waals surface area contributed by atoms with Crippen molar-refractivity contribution in [1.29, 1.82) is 0 Å². The molecule has 1 aromatic heterocycles. The highest BCUT2D eigenvalue weighted by Gasteiger charge is 2.16. The fraction of sp³-hybridized carbons (Fsp3) is 0.429. The number of aryl methyl sites for hydroxylation is 1. The van der Waals surface area contributed by atoms with Gasteiger partial charge in [-0.05, 0) is 0 Å². The number of rotatable bonds is 5. The standard InChI is InChI=1S/C7H11N3O4S/c1-10-4-6(8-5-10)15(13,14)9-3-2-7(11)12/h4-5,9H,2-3H2,1H3,(H,11,12). The summed E-state index contributed by atoms with van der Waals surface area (Å²) in [6.45, 7) is -0.145. The average Bonchev–Trinajstić information content (AvgIpc) is 2.51. The summed E-state index contributed by atoms with van der Waals surface area (Å²) >= 11 is 0. The van der Waals surface area contributed by atoms with E-state index in [1.807, 2.05) is 0 Å². The number of carboxylic acid groups (broad SMARTS) is 1. The maximum absolute atomic E-state index is 11.4. The van der Waals surface area contributed by atoms with Gasteiger partial charge in [0.1, 0.15) is 0 Å². The van der Waals surface area contributed by atoms with E-state index in [4.69, 9.17) is 5.11 Å². The highest BCUT2D eigenvalue weighted by Crippen LogP contribution is 2.03. The molecule has 0 bridgehead atoms. The van der Waals surface area contributed by atoms with Crippen LogP contribution in [0.1, 0.15) is 6.42 Å². The molecule has 0 aromatic carbocycles. The van der Waals surface area contributed by atoms with Gasteiger partial charge in [0, 0.05) is 19.8 Å². The topological polar surface area (TPSA) is 101 Å². The maximum atomic E-state index is 11.4. The Labute approximate surface area is 86.8 Å². The van der Waals surface area contributed by atoms with Gasteiger partial charge < -0.3 is 9.67 Å². The number of nitrogens with one attached hydrogen (secondary N) is 1. The minimum absolute atomic E-state index is 0.115. The first kappa shape index (κ1) is 11.7. The van der Waals surface area contributed by atoms with Gasteiger partial charge in [0.15, 0.2) is 5.03 Å². The van der Waals surface area contributed by atoms with Crippen molar-refractivity contribution in [3.8, 4) is 0 Å². The summed E-state index contributed by atoms with van der Waals surface area (Å²) in [5.41, 5.74) is 0. The molecule has 0 aliphatic rings. The van der Waals surface area contributed by atoms with E-state index in [9.17, 15) is 13.2 Å². The number of imidazole rings is 1. The molecule has 15 heavy (non-hydrogen) atoms. The second-order valence-corrected chi connectivity index (χ2v) is 4.63. The van der Waals surface area contributed by atoms with Crippen LogP contribution in [0.5, 0.6) is 0 Å². The fourth-order valence-electron chi connectivity index (χ4n) is 0.894. The van der Waals surface area contributed by atoms with Crippen LogP contribution in [0.2, 0.25) is 0 Å². The Balaban J connectivity index is 2.64. The van der Waals surface area contributed by atoms with Crippen molar-refractivity contribution in [3.05, 3.63) is 12.5 Å². The van der Waals surface area contributed by atoms with E-state index in [2.05, 4.69) is 9.71 Å². The fourth-order valence-corrected chi connectivity index (χ4v) is 1.90. The lowest BCUT2D eigenvalue weighted by atomic mass is 10.5. The van der Waals surface area contributed by atoms with Gasteiger partial charge in [-0.15, -0.1) is 0 Å². The Hall–Kier alpha value is -1.41. The van der Waals surface area contributed by atoms with E-state index in [-0.39, 0.29) is 18.0 Å². The number of sulfonamides is 1. The predicted octanol–water partition coefficient (Wildman–Crippen LogP) is -0.827. The van der Waals surface area contributed by atoms with Crippen LogP contribution in [0.4, 0.5) is 0 Å². The second kappa shape index (κ2) is 4.41. The minimum Gasteiger partial charge on any atom is -0.481 e. The summed E-state index contributed by atoms with van der Waals surface area (Å²) in [6, 6.07) is 0. The third kappa shape index (κ3) is 3.33. The van der Waals surface area contributed by atoms with Crippen molar-refractivity contribution >= 4 is 16.0 Å². The van der Waals surface area contributed by atoms with Gasteiger partial charge in [0.05, 0.1) is 12.7 Å². The van der Waals surface area contributed by atoms with Gasteiger partial charge in [-0.25, -0.2) is 18.1 Å². The van der Waals surface area contributed by atoms with Crippen molar-refractivity contribution in [3.63, 3.8) is 0 Å². The van der Waals surface area contributed by atoms with Crippen LogP contribution >= 0.6 is 0 Å². The summed E-state index contributed by atoms with van der Waals surface area (Å²) in [4.78, 5) is 13.8. The quantitative estimate of drug-likeness (QED) is 0.691. The van der Waals surface area contributed by atoms with Crippen LogP contribution < -0.4 is 4.72 Å². The highest BCUT2D eigenvalue weighted by molar-refractivity contribution is 7.89. The smallest absolute Gasteiger partial charge is 0.304 e. The van der Waals surface area contributed by atoms with E-state index < -0.39 is 16.0 Å². The number of hydrogen-bond acceptors (Lipinski definition) is 4. The third-order valence-corrected chi connectivity index (χ3v) is 2.93. The Kier molecular flexibility index (Phi) is 3.43. The molecular formula is C7H11N3O4S. The van der Waals surface area contributed by atoms with E-state index in [1.54, 1.807) is 7.05 Å². The van der Waals surface area contributed by atoms with E-state index in [0.29, 0.717) is 0 Å². The largest absolute Gasteiger partial charge is 0.481 e. The molecule has 84 valence electrons. The molecule has 1 rings (SSSR count). The second-order valence-electron chi connectivity index (χ2n) is 2.92. The number of carboxylic acids is 1. The van der Waals surface area contributed by atoms with Gasteiger partial charge >= 0.3 is 5.97 Å². The lowest BCUT2D eigenvalue weighted by Gasteiger charge is -2.01. The van der Waals surface area contributed by atoms with Crippen molar-refractivity contribution in [2.75, 3.05) is 6.54 Å². The van der Waals surface area contributed by atoms with Crippen molar-refractivity contribution < 1.29 is 18.3 Å². The number of aliphatic carboxylic acids is 1. The van der Waals surface area contributed by atoms with Crippen LogP contribution in [-0.4, -0.2) is 35.6 Å². The molecule has 0 aliphatic heterocycles. The normalized spacial score (nSPS) is 11.5. The summed E-state index contributed by atoms with van der Waals surface area (Å²) in [7, 11) is -2.04. The minimum atomic E-state index is -3.68. The Bertz CT molecular complexity index is 451. The van der Waals surface area contributed by atoms with E-state index in [1.165, 1.54) is 17.1 Å². The summed E-state index contributed by atoms with van der Waals surface area (Å²) in [6.07, 6.45) is 2.43. The highest BCUT2D eigenvalue weighted by atomic mass is 32.2. The first-order chi connectivity index (χ1) is 6.92. The Morgan fingerprint density at radius 1 is 1.67 bits per heavy atom. The molecule has 2 N–H and O–H groups in total. The molecule has 7 nitrogen and oxygen atoms in total. The molecule has 1 aromatic rings. The zero-order valence-corrected chi connectivity index (χ0v) is 8.86. The molecule has 0 amide bonds. The molecular weight excluding hydrogens is 222 g/mol. The Morgan fingerprint density at radius 3 is 2.80 bits per heavy atom. The van der Waals surface area contributed by atoms with Crippen LogP contribution in [0.15, 0.2) is 17.6 Å². The monoisotopic (exact) mass is 233 g/mol. The van der Waals surface area contributed by atoms with E-state index in [0.717, 1.165) is 0 Å². The molecule has 0 aliphatic carbocycles. The molecule has 0 unspecified atom stereocenters. The van der Waals surface area contributed by atoms with Crippen molar-refractivity contribution in [1.82, 2.24) is 14.3 Å². The van der Waals surface area contributed by atoms with Gasteiger partial charge in [-0.2, -0.15) is 0 Å².